The van der Waals surface area contributed by atoms with Gasteiger partial charge in [-0.05, 0) is 12.0 Å². The lowest BCUT2D eigenvalue weighted by atomic mass is 10.0. The molecule has 1 aliphatic rings. The van der Waals surface area contributed by atoms with Gasteiger partial charge in [0.1, 0.15) is 0 Å². The predicted octanol–water partition coefficient (Wildman–Crippen LogP) is 0.413. The van der Waals surface area contributed by atoms with Gasteiger partial charge in [-0.25, -0.2) is 12.7 Å². The first-order valence-electron chi connectivity index (χ1n) is 5.09. The van der Waals surface area contributed by atoms with Crippen LogP contribution in [0, 0.1) is 0 Å². The quantitative estimate of drug-likeness (QED) is 0.780. The van der Waals surface area contributed by atoms with Crippen molar-refractivity contribution in [2.24, 2.45) is 5.73 Å². The summed E-state index contributed by atoms with van der Waals surface area (Å²) in [4.78, 5) is 0. The molecule has 0 aliphatic carbocycles. The largest absolute Gasteiger partial charge is 0.482 e. The molecular weight excluding hydrogens is 228 g/mol. The van der Waals surface area contributed by atoms with E-state index in [0.29, 0.717) is 5.88 Å². The Morgan fingerprint density at radius 1 is 1.62 bits per heavy atom. The molecule has 0 aromatic carbocycles. The Morgan fingerprint density at radius 2 is 2.25 bits per heavy atom. The van der Waals surface area contributed by atoms with E-state index in [0.717, 1.165) is 18.2 Å². The van der Waals surface area contributed by atoms with Gasteiger partial charge >= 0.3 is 0 Å². The molecule has 2 N–H and O–H groups in total. The van der Waals surface area contributed by atoms with Gasteiger partial charge in [-0.1, -0.05) is 13.0 Å². The monoisotopic (exact) mass is 246 g/mol. The Bertz CT molecular complexity index is 412. The van der Waals surface area contributed by atoms with Gasteiger partial charge in [-0.3, -0.25) is 0 Å². The van der Waals surface area contributed by atoms with E-state index in [-0.39, 0.29) is 12.6 Å². The lowest BCUT2D eigenvalue weighted by Crippen LogP contribution is -2.34. The minimum atomic E-state index is -3.29. The van der Waals surface area contributed by atoms with Crippen molar-refractivity contribution < 1.29 is 13.2 Å². The number of ether oxygens (including phenoxy) is 1. The van der Waals surface area contributed by atoms with Crippen molar-refractivity contribution in [1.82, 2.24) is 4.31 Å². The molecule has 6 heteroatoms. The highest BCUT2D eigenvalue weighted by molar-refractivity contribution is 7.88. The van der Waals surface area contributed by atoms with Gasteiger partial charge in [-0.2, -0.15) is 0 Å². The van der Waals surface area contributed by atoms with Crippen LogP contribution in [0.5, 0.6) is 0 Å². The molecule has 0 amide bonds. The summed E-state index contributed by atoms with van der Waals surface area (Å²) in [5.41, 5.74) is 6.80. The lowest BCUT2D eigenvalue weighted by Gasteiger charge is -2.27. The molecule has 0 radical (unpaired) electrons. The minimum Gasteiger partial charge on any atom is -0.482 e. The fraction of sp³-hybridized carbons (Fsp3) is 0.600. The molecule has 0 aromatic rings. The molecule has 16 heavy (non-hydrogen) atoms. The highest BCUT2D eigenvalue weighted by atomic mass is 32.2. The molecule has 0 unspecified atom stereocenters. The van der Waals surface area contributed by atoms with Gasteiger partial charge in [0.15, 0.2) is 0 Å². The molecule has 0 bridgehead atoms. The third kappa shape index (κ3) is 2.76. The molecule has 0 spiro atoms. The predicted molar refractivity (Wildman–Crippen MR) is 63.0 cm³/mol. The number of sulfonamides is 1. The van der Waals surface area contributed by atoms with E-state index in [1.54, 1.807) is 6.08 Å². The molecule has 92 valence electrons. The number of hydrogen-bond donors (Lipinski definition) is 1. The molecule has 1 heterocycles. The van der Waals surface area contributed by atoms with Gasteiger partial charge in [0.25, 0.3) is 0 Å². The van der Waals surface area contributed by atoms with E-state index >= 15 is 0 Å². The van der Waals surface area contributed by atoms with E-state index in [1.807, 2.05) is 13.0 Å². The molecule has 0 fully saturated rings. The molecular formula is C10H18N2O3S. The Morgan fingerprint density at radius 3 is 2.69 bits per heavy atom. The van der Waals surface area contributed by atoms with Crippen molar-refractivity contribution in [3.8, 4) is 0 Å². The summed E-state index contributed by atoms with van der Waals surface area (Å²) >= 11 is 0. The second-order valence-electron chi connectivity index (χ2n) is 3.70. The number of methoxy groups -OCH3 is 1. The summed E-state index contributed by atoms with van der Waals surface area (Å²) < 4.78 is 29.2. The van der Waals surface area contributed by atoms with Crippen molar-refractivity contribution in [2.75, 3.05) is 19.9 Å². The summed E-state index contributed by atoms with van der Waals surface area (Å²) in [6.45, 7) is 2.26. The zero-order chi connectivity index (χ0) is 12.3. The Labute approximate surface area is 96.6 Å². The number of hydrogen-bond acceptors (Lipinski definition) is 4. The Hall–Kier alpha value is -1.01. The molecule has 1 atom stereocenters. The zero-order valence-corrected chi connectivity index (χ0v) is 10.6. The summed E-state index contributed by atoms with van der Waals surface area (Å²) in [6.07, 6.45) is 5.45. The average Bonchev–Trinajstić information content (AvgIpc) is 2.25. The Kier molecular flexibility index (Phi) is 3.98. The molecule has 1 rings (SSSR count). The van der Waals surface area contributed by atoms with Gasteiger partial charge < -0.3 is 10.5 Å². The van der Waals surface area contributed by atoms with E-state index in [2.05, 4.69) is 0 Å². The van der Waals surface area contributed by atoms with E-state index in [4.69, 9.17) is 10.5 Å². The van der Waals surface area contributed by atoms with Crippen molar-refractivity contribution in [3.63, 3.8) is 0 Å². The first-order chi connectivity index (χ1) is 7.40. The molecule has 0 aromatic heterocycles. The third-order valence-corrected chi connectivity index (χ3v) is 3.64. The van der Waals surface area contributed by atoms with Crippen LogP contribution in [0.4, 0.5) is 0 Å². The van der Waals surface area contributed by atoms with Crippen molar-refractivity contribution in [1.29, 1.82) is 0 Å². The van der Waals surface area contributed by atoms with Crippen LogP contribution < -0.4 is 5.73 Å². The normalized spacial score (nSPS) is 18.9. The van der Waals surface area contributed by atoms with Crippen LogP contribution in [-0.2, 0) is 14.8 Å². The van der Waals surface area contributed by atoms with Gasteiger partial charge in [0.2, 0.25) is 15.9 Å². The van der Waals surface area contributed by atoms with Crippen molar-refractivity contribution in [3.05, 3.63) is 23.6 Å². The van der Waals surface area contributed by atoms with Crippen molar-refractivity contribution in [2.45, 2.75) is 19.4 Å². The SMILES string of the molecule is CC[C@H](N)C1=CCN(S(C)(=O)=O)C(OC)=C1. The van der Waals surface area contributed by atoms with Crippen molar-refractivity contribution >= 4 is 10.0 Å². The van der Waals surface area contributed by atoms with Crippen LogP contribution in [0.15, 0.2) is 23.6 Å². The van der Waals surface area contributed by atoms with Crippen LogP contribution in [0.25, 0.3) is 0 Å². The maximum absolute atomic E-state index is 11.4. The second kappa shape index (κ2) is 4.88. The molecule has 0 saturated heterocycles. The topological polar surface area (TPSA) is 72.6 Å². The third-order valence-electron chi connectivity index (χ3n) is 2.51. The standard InChI is InChI=1S/C10H18N2O3S/c1-4-9(11)8-5-6-12(16(3,13)14)10(7-8)15-2/h5,7,9H,4,6,11H2,1-3H3/t9-/m0/s1. The molecule has 1 aliphatic heterocycles. The first-order valence-corrected chi connectivity index (χ1v) is 6.94. The highest BCUT2D eigenvalue weighted by Crippen LogP contribution is 2.20. The summed E-state index contributed by atoms with van der Waals surface area (Å²) in [5.74, 6) is 0.323. The highest BCUT2D eigenvalue weighted by Gasteiger charge is 2.24. The minimum absolute atomic E-state index is 0.0770. The summed E-state index contributed by atoms with van der Waals surface area (Å²) in [5, 5.41) is 0. The lowest BCUT2D eigenvalue weighted by molar-refractivity contribution is 0.213. The molecule has 0 saturated carbocycles. The number of nitrogens with zero attached hydrogens (tertiary/aromatic N) is 1. The van der Waals surface area contributed by atoms with E-state index in [9.17, 15) is 8.42 Å². The first kappa shape index (κ1) is 13.1. The molecule has 5 nitrogen and oxygen atoms in total. The number of rotatable bonds is 4. The maximum Gasteiger partial charge on any atom is 0.234 e. The fourth-order valence-corrected chi connectivity index (χ4v) is 2.30. The smallest absolute Gasteiger partial charge is 0.234 e. The van der Waals surface area contributed by atoms with E-state index in [1.165, 1.54) is 11.4 Å². The van der Waals surface area contributed by atoms with Crippen LogP contribution >= 0.6 is 0 Å². The van der Waals surface area contributed by atoms with Gasteiger partial charge in [0, 0.05) is 12.1 Å². The number of nitrogens with two attached hydrogens (primary N) is 1. The average molecular weight is 246 g/mol. The summed E-state index contributed by atoms with van der Waals surface area (Å²) in [6, 6.07) is -0.0770. The van der Waals surface area contributed by atoms with Crippen LogP contribution in [0.2, 0.25) is 0 Å². The van der Waals surface area contributed by atoms with Gasteiger partial charge in [0.05, 0.1) is 19.9 Å². The summed E-state index contributed by atoms with van der Waals surface area (Å²) in [7, 11) is -1.84. The van der Waals surface area contributed by atoms with Crippen LogP contribution in [0.3, 0.4) is 0 Å². The van der Waals surface area contributed by atoms with E-state index < -0.39 is 10.0 Å². The van der Waals surface area contributed by atoms with Gasteiger partial charge in [-0.15, -0.1) is 0 Å². The van der Waals surface area contributed by atoms with Crippen LogP contribution in [0.1, 0.15) is 13.3 Å². The fourth-order valence-electron chi connectivity index (χ4n) is 1.51. The second-order valence-corrected chi connectivity index (χ2v) is 5.61. The maximum atomic E-state index is 11.4. The zero-order valence-electron chi connectivity index (χ0n) is 9.80. The van der Waals surface area contributed by atoms with Crippen LogP contribution in [-0.4, -0.2) is 38.7 Å². The Balaban J connectivity index is 2.98.